The average Bonchev–Trinajstić information content (AvgIpc) is 2.36. The van der Waals surface area contributed by atoms with Crippen molar-refractivity contribution in [3.63, 3.8) is 0 Å². The second-order valence-electron chi connectivity index (χ2n) is 5.04. The number of aliphatic hydroxyl groups is 1. The summed E-state index contributed by atoms with van der Waals surface area (Å²) in [5.41, 5.74) is 6.23. The van der Waals surface area contributed by atoms with Crippen LogP contribution in [0.5, 0.6) is 0 Å². The maximum absolute atomic E-state index is 9.12. The van der Waals surface area contributed by atoms with E-state index < -0.39 is 0 Å². The molecule has 0 radical (unpaired) electrons. The Balaban J connectivity index is 2.10. The number of rotatable bonds is 4. The summed E-state index contributed by atoms with van der Waals surface area (Å²) >= 11 is 1.86. The smallest absolute Gasteiger partial charge is 0.0681 e. The minimum Gasteiger partial charge on any atom is -0.392 e. The van der Waals surface area contributed by atoms with Crippen molar-refractivity contribution in [1.29, 1.82) is 0 Å². The lowest BCUT2D eigenvalue weighted by atomic mass is 10.1. The Hall–Kier alpha value is -1.25. The minimum atomic E-state index is 0.114. The van der Waals surface area contributed by atoms with Crippen LogP contribution in [0.2, 0.25) is 0 Å². The molecule has 2 rings (SSSR count). The van der Waals surface area contributed by atoms with Gasteiger partial charge in [-0.3, -0.25) is 0 Å². The molecule has 1 nitrogen and oxygen atoms in total. The fourth-order valence-corrected chi connectivity index (χ4v) is 3.22. The van der Waals surface area contributed by atoms with E-state index in [9.17, 15) is 0 Å². The summed E-state index contributed by atoms with van der Waals surface area (Å²) in [5.74, 6) is 0.988. The zero-order chi connectivity index (χ0) is 13.8. The second-order valence-corrected chi connectivity index (χ2v) is 6.06. The number of aryl methyl sites for hydroxylation is 3. The van der Waals surface area contributed by atoms with Crippen molar-refractivity contribution in [3.8, 4) is 0 Å². The highest BCUT2D eigenvalue weighted by Crippen LogP contribution is 2.27. The Bertz CT molecular complexity index is 555. The molecule has 0 fully saturated rings. The van der Waals surface area contributed by atoms with Crippen LogP contribution in [-0.2, 0) is 12.4 Å². The van der Waals surface area contributed by atoms with Crippen LogP contribution < -0.4 is 0 Å². The van der Waals surface area contributed by atoms with Crippen molar-refractivity contribution in [2.45, 2.75) is 38.0 Å². The van der Waals surface area contributed by atoms with Crippen molar-refractivity contribution in [2.75, 3.05) is 0 Å². The largest absolute Gasteiger partial charge is 0.392 e. The van der Waals surface area contributed by atoms with Crippen molar-refractivity contribution in [3.05, 3.63) is 64.2 Å². The molecule has 0 aliphatic heterocycles. The van der Waals surface area contributed by atoms with Crippen LogP contribution in [0.1, 0.15) is 27.8 Å². The van der Waals surface area contributed by atoms with Gasteiger partial charge in [0, 0.05) is 10.6 Å². The molecule has 1 N–H and O–H groups in total. The van der Waals surface area contributed by atoms with Crippen LogP contribution in [0.3, 0.4) is 0 Å². The van der Waals surface area contributed by atoms with Gasteiger partial charge in [0.2, 0.25) is 0 Å². The van der Waals surface area contributed by atoms with Crippen molar-refractivity contribution < 1.29 is 5.11 Å². The third kappa shape index (κ3) is 3.85. The number of hydrogen-bond acceptors (Lipinski definition) is 2. The molecule has 0 aromatic heterocycles. The Morgan fingerprint density at radius 3 is 2.16 bits per heavy atom. The minimum absolute atomic E-state index is 0.114. The monoisotopic (exact) mass is 272 g/mol. The van der Waals surface area contributed by atoms with Crippen LogP contribution in [-0.4, -0.2) is 5.11 Å². The third-order valence-electron chi connectivity index (χ3n) is 3.10. The lowest BCUT2D eigenvalue weighted by molar-refractivity contribution is 0.281. The van der Waals surface area contributed by atoms with Gasteiger partial charge in [0.25, 0.3) is 0 Å². The Labute approximate surface area is 119 Å². The van der Waals surface area contributed by atoms with Crippen LogP contribution in [0.15, 0.2) is 41.3 Å². The van der Waals surface area contributed by atoms with Crippen molar-refractivity contribution in [2.24, 2.45) is 0 Å². The van der Waals surface area contributed by atoms with E-state index in [4.69, 9.17) is 5.11 Å². The van der Waals surface area contributed by atoms with E-state index in [1.165, 1.54) is 27.1 Å². The molecule has 0 aliphatic rings. The van der Waals surface area contributed by atoms with E-state index in [-0.39, 0.29) is 6.61 Å². The molecular weight excluding hydrogens is 252 g/mol. The van der Waals surface area contributed by atoms with E-state index in [0.717, 1.165) is 11.3 Å². The van der Waals surface area contributed by atoms with Gasteiger partial charge in [0.05, 0.1) is 6.61 Å². The standard InChI is InChI=1S/C17H20OS/c1-12-6-13(2)8-16(7-12)11-19-17-5-4-15(10-18)9-14(17)3/h4-9,18H,10-11H2,1-3H3. The predicted molar refractivity (Wildman–Crippen MR) is 82.6 cm³/mol. The Morgan fingerprint density at radius 2 is 1.58 bits per heavy atom. The molecule has 0 saturated heterocycles. The molecule has 0 aliphatic carbocycles. The molecule has 0 atom stereocenters. The molecule has 0 amide bonds. The van der Waals surface area contributed by atoms with Gasteiger partial charge >= 0.3 is 0 Å². The van der Waals surface area contributed by atoms with E-state index in [2.05, 4.69) is 51.1 Å². The molecule has 0 bridgehead atoms. The first kappa shape index (κ1) is 14.2. The van der Waals surface area contributed by atoms with E-state index in [1.54, 1.807) is 0 Å². The first-order chi connectivity index (χ1) is 9.08. The van der Waals surface area contributed by atoms with Crippen molar-refractivity contribution in [1.82, 2.24) is 0 Å². The van der Waals surface area contributed by atoms with E-state index >= 15 is 0 Å². The highest BCUT2D eigenvalue weighted by atomic mass is 32.2. The van der Waals surface area contributed by atoms with E-state index in [0.29, 0.717) is 0 Å². The summed E-state index contributed by atoms with van der Waals surface area (Å²) in [7, 11) is 0. The van der Waals surface area contributed by atoms with Crippen LogP contribution in [0.4, 0.5) is 0 Å². The van der Waals surface area contributed by atoms with Gasteiger partial charge in [0.15, 0.2) is 0 Å². The molecule has 0 unspecified atom stereocenters. The summed E-state index contributed by atoms with van der Waals surface area (Å²) in [6.45, 7) is 6.50. The number of aliphatic hydroxyl groups excluding tert-OH is 1. The molecule has 0 heterocycles. The Kier molecular flexibility index (Phi) is 4.67. The van der Waals surface area contributed by atoms with Crippen LogP contribution in [0, 0.1) is 20.8 Å². The fourth-order valence-electron chi connectivity index (χ4n) is 2.29. The molecule has 2 heteroatoms. The molecule has 0 saturated carbocycles. The summed E-state index contributed by atoms with van der Waals surface area (Å²) < 4.78 is 0. The van der Waals surface area contributed by atoms with E-state index in [1.807, 2.05) is 17.8 Å². The SMILES string of the molecule is Cc1cc(C)cc(CSc2ccc(CO)cc2C)c1. The predicted octanol–water partition coefficient (Wildman–Crippen LogP) is 4.40. The summed E-state index contributed by atoms with van der Waals surface area (Å²) in [5, 5.41) is 9.12. The maximum Gasteiger partial charge on any atom is 0.0681 e. The third-order valence-corrected chi connectivity index (χ3v) is 4.34. The summed E-state index contributed by atoms with van der Waals surface area (Å²) in [4.78, 5) is 1.29. The highest BCUT2D eigenvalue weighted by Gasteiger charge is 2.02. The number of hydrogen-bond donors (Lipinski definition) is 1. The van der Waals surface area contributed by atoms with Gasteiger partial charge in [-0.1, -0.05) is 41.5 Å². The van der Waals surface area contributed by atoms with Gasteiger partial charge in [-0.15, -0.1) is 11.8 Å². The lowest BCUT2D eigenvalue weighted by Gasteiger charge is -2.08. The quantitative estimate of drug-likeness (QED) is 0.833. The first-order valence-corrected chi connectivity index (χ1v) is 7.47. The molecule has 100 valence electrons. The normalized spacial score (nSPS) is 10.7. The van der Waals surface area contributed by atoms with Gasteiger partial charge in [-0.2, -0.15) is 0 Å². The molecule has 2 aromatic carbocycles. The zero-order valence-electron chi connectivity index (χ0n) is 11.7. The van der Waals surface area contributed by atoms with Crippen LogP contribution in [0.25, 0.3) is 0 Å². The van der Waals surface area contributed by atoms with Gasteiger partial charge in [-0.05, 0) is 43.5 Å². The lowest BCUT2D eigenvalue weighted by Crippen LogP contribution is -1.89. The van der Waals surface area contributed by atoms with Crippen molar-refractivity contribution >= 4 is 11.8 Å². The Morgan fingerprint density at radius 1 is 0.895 bits per heavy atom. The zero-order valence-corrected chi connectivity index (χ0v) is 12.6. The summed E-state index contributed by atoms with van der Waals surface area (Å²) in [6, 6.07) is 12.9. The van der Waals surface area contributed by atoms with Gasteiger partial charge < -0.3 is 5.11 Å². The van der Waals surface area contributed by atoms with Crippen LogP contribution >= 0.6 is 11.8 Å². The number of benzene rings is 2. The first-order valence-electron chi connectivity index (χ1n) is 6.49. The topological polar surface area (TPSA) is 20.2 Å². The molecule has 0 spiro atoms. The second kappa shape index (κ2) is 6.27. The molecule has 2 aromatic rings. The summed E-state index contributed by atoms with van der Waals surface area (Å²) in [6.07, 6.45) is 0. The number of thioether (sulfide) groups is 1. The van der Waals surface area contributed by atoms with Gasteiger partial charge in [0.1, 0.15) is 0 Å². The fraction of sp³-hybridized carbons (Fsp3) is 0.294. The highest BCUT2D eigenvalue weighted by molar-refractivity contribution is 7.98. The van der Waals surface area contributed by atoms with Gasteiger partial charge in [-0.25, -0.2) is 0 Å². The maximum atomic E-state index is 9.12. The molecular formula is C17H20OS. The molecule has 19 heavy (non-hydrogen) atoms. The average molecular weight is 272 g/mol.